The maximum atomic E-state index is 13.6. The number of amides is 1. The van der Waals surface area contributed by atoms with Crippen molar-refractivity contribution in [2.24, 2.45) is 11.7 Å². The highest BCUT2D eigenvalue weighted by molar-refractivity contribution is 5.98. The summed E-state index contributed by atoms with van der Waals surface area (Å²) in [5.41, 5.74) is 6.10. The molecule has 10 heteroatoms. The number of rotatable bonds is 7. The van der Waals surface area contributed by atoms with Gasteiger partial charge in [-0.05, 0) is 61.8 Å². The number of benzene rings is 1. The molecule has 2 aromatic heterocycles. The van der Waals surface area contributed by atoms with Gasteiger partial charge in [-0.2, -0.15) is 14.8 Å². The van der Waals surface area contributed by atoms with Gasteiger partial charge in [0.25, 0.3) is 5.91 Å². The molecule has 34 heavy (non-hydrogen) atoms. The Morgan fingerprint density at radius 2 is 1.97 bits per heavy atom. The minimum atomic E-state index is -0.872. The van der Waals surface area contributed by atoms with E-state index in [0.29, 0.717) is 24.9 Å². The number of nitrogens with one attached hydrogen (secondary N) is 1. The van der Waals surface area contributed by atoms with Gasteiger partial charge in [0.1, 0.15) is 5.56 Å². The van der Waals surface area contributed by atoms with Crippen LogP contribution in [0, 0.1) is 34.8 Å². The van der Waals surface area contributed by atoms with E-state index in [1.165, 1.54) is 30.6 Å². The fourth-order valence-corrected chi connectivity index (χ4v) is 4.56. The Morgan fingerprint density at radius 1 is 1.21 bits per heavy atom. The third kappa shape index (κ3) is 4.88. The van der Waals surface area contributed by atoms with Crippen LogP contribution in [-0.4, -0.2) is 20.7 Å². The third-order valence-corrected chi connectivity index (χ3v) is 6.41. The van der Waals surface area contributed by atoms with Crippen LogP contribution in [0.2, 0.25) is 0 Å². The van der Waals surface area contributed by atoms with Crippen molar-refractivity contribution in [3.63, 3.8) is 0 Å². The molecule has 0 unspecified atom stereocenters. The molecule has 0 radical (unpaired) electrons. The van der Waals surface area contributed by atoms with Gasteiger partial charge in [0.05, 0.1) is 18.0 Å². The number of hydrogen-bond acceptors (Lipinski definition) is 5. The van der Waals surface area contributed by atoms with Gasteiger partial charge in [-0.15, -0.1) is 0 Å². The molecule has 4 rings (SSSR count). The fraction of sp³-hybridized carbons (Fsp3) is 0.333. The largest absolute Gasteiger partial charge is 0.365 e. The van der Waals surface area contributed by atoms with Crippen LogP contribution >= 0.6 is 0 Å². The first-order valence-electron chi connectivity index (χ1n) is 10.9. The Kier molecular flexibility index (Phi) is 6.54. The monoisotopic (exact) mass is 468 g/mol. The Balaban J connectivity index is 1.55. The van der Waals surface area contributed by atoms with Gasteiger partial charge in [-0.1, -0.05) is 6.07 Å². The average molecular weight is 468 g/mol. The number of nitriles is 1. The molecule has 0 aliphatic heterocycles. The number of primary amides is 1. The quantitative estimate of drug-likeness (QED) is 0.493. The number of aromatic nitrogens is 3. The van der Waals surface area contributed by atoms with Crippen LogP contribution in [-0.2, 0) is 12.0 Å². The van der Waals surface area contributed by atoms with Crippen LogP contribution in [0.1, 0.15) is 48.0 Å². The molecular weight excluding hydrogens is 445 g/mol. The van der Waals surface area contributed by atoms with E-state index in [4.69, 9.17) is 5.73 Å². The Morgan fingerprint density at radius 3 is 2.62 bits per heavy atom. The number of carbonyl (C=O) groups excluding carboxylic acids is 1. The number of halogens is 3. The van der Waals surface area contributed by atoms with Gasteiger partial charge in [0.2, 0.25) is 5.95 Å². The maximum absolute atomic E-state index is 13.6. The summed E-state index contributed by atoms with van der Waals surface area (Å²) in [7, 11) is 0. The summed E-state index contributed by atoms with van der Waals surface area (Å²) in [6.45, 7) is 0. The zero-order valence-corrected chi connectivity index (χ0v) is 18.3. The zero-order valence-electron chi connectivity index (χ0n) is 18.3. The van der Waals surface area contributed by atoms with Gasteiger partial charge < -0.3 is 11.1 Å². The van der Waals surface area contributed by atoms with Crippen molar-refractivity contribution in [3.05, 3.63) is 71.4 Å². The lowest BCUT2D eigenvalue weighted by molar-refractivity contribution is 0.1000. The number of nitrogens with zero attached hydrogens (tertiary/aromatic N) is 4. The normalized spacial score (nSPS) is 20.0. The standard InChI is InChI=1S/C24H23F3N6O/c25-19-2-1-16(12-20(19)26)11-15-3-6-24(7-4-15,8-9-28)33-14-18(22(29)34)23(32-33)31-17-5-10-30-21(27)13-17/h1-2,5,10,12-15H,3-4,6-8,11H2,(H2,29,34)(H,30,31,32). The summed E-state index contributed by atoms with van der Waals surface area (Å²) in [6, 6.07) is 8.86. The molecule has 1 amide bonds. The molecule has 3 aromatic rings. The molecule has 1 aliphatic rings. The molecule has 2 heterocycles. The topological polar surface area (TPSA) is 110 Å². The summed E-state index contributed by atoms with van der Waals surface area (Å²) in [6.07, 6.45) is 6.28. The van der Waals surface area contributed by atoms with Crippen molar-refractivity contribution in [1.82, 2.24) is 14.8 Å². The SMILES string of the molecule is N#CCC1(n2cc(C(N)=O)c(Nc3ccnc(F)c3)n2)CCC(Cc2ccc(F)c(F)c2)CC1. The first kappa shape index (κ1) is 23.3. The Bertz CT molecular complexity index is 1240. The molecule has 0 spiro atoms. The number of pyridine rings is 1. The number of carbonyl (C=O) groups is 1. The molecule has 1 saturated carbocycles. The van der Waals surface area contributed by atoms with E-state index >= 15 is 0 Å². The Hall–Kier alpha value is -3.87. The highest BCUT2D eigenvalue weighted by Gasteiger charge is 2.38. The van der Waals surface area contributed by atoms with Crippen molar-refractivity contribution in [3.8, 4) is 6.07 Å². The fourth-order valence-electron chi connectivity index (χ4n) is 4.56. The minimum absolute atomic E-state index is 0.124. The lowest BCUT2D eigenvalue weighted by atomic mass is 9.73. The van der Waals surface area contributed by atoms with Crippen LogP contribution in [0.25, 0.3) is 0 Å². The second-order valence-electron chi connectivity index (χ2n) is 8.65. The Labute approximate surface area is 194 Å². The van der Waals surface area contributed by atoms with E-state index in [-0.39, 0.29) is 23.7 Å². The molecule has 1 aromatic carbocycles. The first-order chi connectivity index (χ1) is 16.3. The van der Waals surface area contributed by atoms with Gasteiger partial charge in [0, 0.05) is 24.1 Å². The summed E-state index contributed by atoms with van der Waals surface area (Å²) >= 11 is 0. The van der Waals surface area contributed by atoms with Gasteiger partial charge in [0.15, 0.2) is 17.5 Å². The molecule has 0 saturated heterocycles. The van der Waals surface area contributed by atoms with Gasteiger partial charge >= 0.3 is 0 Å². The summed E-state index contributed by atoms with van der Waals surface area (Å²) in [5, 5.41) is 17.0. The number of anilines is 2. The molecule has 1 aliphatic carbocycles. The predicted molar refractivity (Wildman–Crippen MR) is 118 cm³/mol. The third-order valence-electron chi connectivity index (χ3n) is 6.41. The molecule has 7 nitrogen and oxygen atoms in total. The van der Waals surface area contributed by atoms with Crippen molar-refractivity contribution < 1.29 is 18.0 Å². The molecular formula is C24H23F3N6O. The first-order valence-corrected chi connectivity index (χ1v) is 10.9. The van der Waals surface area contributed by atoms with Crippen LogP contribution in [0.4, 0.5) is 24.7 Å². The lowest BCUT2D eigenvalue weighted by Crippen LogP contribution is -2.38. The van der Waals surface area contributed by atoms with E-state index in [1.54, 1.807) is 10.7 Å². The number of nitrogens with two attached hydrogens (primary N) is 1. The van der Waals surface area contributed by atoms with Crippen molar-refractivity contribution in [2.75, 3.05) is 5.32 Å². The van der Waals surface area contributed by atoms with Crippen molar-refractivity contribution in [1.29, 1.82) is 5.26 Å². The van der Waals surface area contributed by atoms with E-state index in [9.17, 15) is 23.2 Å². The smallest absolute Gasteiger partial charge is 0.254 e. The van der Waals surface area contributed by atoms with Crippen LogP contribution in [0.15, 0.2) is 42.7 Å². The van der Waals surface area contributed by atoms with E-state index in [1.807, 2.05) is 0 Å². The van der Waals surface area contributed by atoms with E-state index in [2.05, 4.69) is 21.5 Å². The van der Waals surface area contributed by atoms with Crippen LogP contribution < -0.4 is 11.1 Å². The maximum Gasteiger partial charge on any atom is 0.254 e. The molecule has 1 fully saturated rings. The molecule has 176 valence electrons. The van der Waals surface area contributed by atoms with E-state index < -0.39 is 29.0 Å². The summed E-state index contributed by atoms with van der Waals surface area (Å²) < 4.78 is 41.9. The molecule has 0 bridgehead atoms. The predicted octanol–water partition coefficient (Wildman–Crippen LogP) is 4.58. The van der Waals surface area contributed by atoms with Crippen LogP contribution in [0.5, 0.6) is 0 Å². The molecule has 3 N–H and O–H groups in total. The van der Waals surface area contributed by atoms with E-state index in [0.717, 1.165) is 24.5 Å². The van der Waals surface area contributed by atoms with Crippen molar-refractivity contribution >= 4 is 17.4 Å². The lowest BCUT2D eigenvalue weighted by Gasteiger charge is -2.39. The van der Waals surface area contributed by atoms with Gasteiger partial charge in [-0.3, -0.25) is 9.48 Å². The molecule has 0 atom stereocenters. The zero-order chi connectivity index (χ0) is 24.3. The van der Waals surface area contributed by atoms with Crippen LogP contribution in [0.3, 0.4) is 0 Å². The van der Waals surface area contributed by atoms with Crippen molar-refractivity contribution in [2.45, 2.75) is 44.1 Å². The summed E-state index contributed by atoms with van der Waals surface area (Å²) in [5.74, 6) is -2.73. The van der Waals surface area contributed by atoms with Gasteiger partial charge in [-0.25, -0.2) is 13.8 Å². The average Bonchev–Trinajstić information content (AvgIpc) is 3.23. The highest BCUT2D eigenvalue weighted by atomic mass is 19.2. The second kappa shape index (κ2) is 9.55. The summed E-state index contributed by atoms with van der Waals surface area (Å²) in [4.78, 5) is 15.6. The highest BCUT2D eigenvalue weighted by Crippen LogP contribution is 2.42. The minimum Gasteiger partial charge on any atom is -0.365 e. The second-order valence-corrected chi connectivity index (χ2v) is 8.65. The number of hydrogen-bond donors (Lipinski definition) is 2.